The number of hydrogen-bond donors (Lipinski definition) is 2. The smallest absolute Gasteiger partial charge is 0.245 e. The first-order valence-corrected chi connectivity index (χ1v) is 10.3. The molecule has 1 aromatic heterocycles. The number of piperidine rings is 1. The van der Waals surface area contributed by atoms with Gasteiger partial charge in [0.15, 0.2) is 0 Å². The molecular formula is C21H28FN3OS. The van der Waals surface area contributed by atoms with Crippen LogP contribution in [0.2, 0.25) is 0 Å². The molecule has 0 atom stereocenters. The molecule has 146 valence electrons. The third-order valence-corrected chi connectivity index (χ3v) is 5.93. The topological polar surface area (TPSA) is 44.4 Å². The fourth-order valence-corrected chi connectivity index (χ4v) is 4.47. The lowest BCUT2D eigenvalue weighted by Crippen LogP contribution is -2.59. The first-order valence-electron chi connectivity index (χ1n) is 9.49. The predicted octanol–water partition coefficient (Wildman–Crippen LogP) is 4.17. The monoisotopic (exact) mass is 389 g/mol. The van der Waals surface area contributed by atoms with E-state index in [0.29, 0.717) is 18.5 Å². The summed E-state index contributed by atoms with van der Waals surface area (Å²) in [6.07, 6.45) is 1.37. The van der Waals surface area contributed by atoms with E-state index in [-0.39, 0.29) is 17.8 Å². The van der Waals surface area contributed by atoms with Gasteiger partial charge in [-0.1, -0.05) is 6.07 Å². The van der Waals surface area contributed by atoms with Crippen molar-refractivity contribution in [1.29, 1.82) is 0 Å². The molecule has 2 N–H and O–H groups in total. The van der Waals surface area contributed by atoms with E-state index in [1.54, 1.807) is 6.07 Å². The van der Waals surface area contributed by atoms with Crippen molar-refractivity contribution in [3.8, 4) is 0 Å². The highest BCUT2D eigenvalue weighted by Gasteiger charge is 2.41. The van der Waals surface area contributed by atoms with E-state index in [1.807, 2.05) is 31.3 Å². The Morgan fingerprint density at radius 1 is 1.26 bits per heavy atom. The van der Waals surface area contributed by atoms with Crippen molar-refractivity contribution in [3.63, 3.8) is 0 Å². The summed E-state index contributed by atoms with van der Waals surface area (Å²) in [6, 6.07) is 10.7. The Balaban J connectivity index is 1.72. The minimum Gasteiger partial charge on any atom is -0.371 e. The second-order valence-electron chi connectivity index (χ2n) is 7.63. The maximum Gasteiger partial charge on any atom is 0.245 e. The number of nitrogens with one attached hydrogen (secondary N) is 2. The highest BCUT2D eigenvalue weighted by atomic mass is 32.1. The zero-order valence-electron chi connectivity index (χ0n) is 16.2. The number of hydrogen-bond acceptors (Lipinski definition) is 4. The van der Waals surface area contributed by atoms with Crippen LogP contribution in [-0.4, -0.2) is 35.5 Å². The number of anilines is 1. The Hall–Kier alpha value is -1.92. The van der Waals surface area contributed by atoms with Gasteiger partial charge in [-0.15, -0.1) is 11.3 Å². The van der Waals surface area contributed by atoms with Crippen molar-refractivity contribution in [2.75, 3.05) is 18.4 Å². The molecule has 27 heavy (non-hydrogen) atoms. The van der Waals surface area contributed by atoms with Crippen molar-refractivity contribution in [2.45, 2.75) is 51.7 Å². The Morgan fingerprint density at radius 3 is 2.59 bits per heavy atom. The van der Waals surface area contributed by atoms with Gasteiger partial charge in [-0.05, 0) is 63.9 Å². The minimum atomic E-state index is -0.708. The number of likely N-dealkylation sites (tertiary alicyclic amines) is 1. The van der Waals surface area contributed by atoms with Crippen LogP contribution >= 0.6 is 11.3 Å². The third-order valence-electron chi connectivity index (χ3n) is 4.95. The van der Waals surface area contributed by atoms with Crippen LogP contribution in [0, 0.1) is 12.7 Å². The molecule has 1 fully saturated rings. The molecule has 0 unspecified atom stereocenters. The van der Waals surface area contributed by atoms with Gasteiger partial charge >= 0.3 is 0 Å². The number of carbonyl (C=O) groups excluding carboxylic acids is 1. The summed E-state index contributed by atoms with van der Waals surface area (Å²) in [4.78, 5) is 18.1. The highest BCUT2D eigenvalue weighted by Crippen LogP contribution is 2.29. The fraction of sp³-hybridized carbons (Fsp3) is 0.476. The molecule has 3 rings (SSSR count). The molecular weight excluding hydrogens is 361 g/mol. The molecule has 0 bridgehead atoms. The van der Waals surface area contributed by atoms with E-state index in [0.717, 1.165) is 19.6 Å². The number of rotatable bonds is 6. The molecule has 0 spiro atoms. The van der Waals surface area contributed by atoms with Gasteiger partial charge in [0.1, 0.15) is 11.4 Å². The standard InChI is InChI=1S/C21H28FN3OS/c1-15(2)23-20(26)21(24-18-6-4-5-17(22)13-18)9-11-25(12-10-21)14-19-8-7-16(3)27-19/h4-8,13,15,24H,9-12,14H2,1-3H3,(H,23,26). The van der Waals surface area contributed by atoms with Crippen LogP contribution < -0.4 is 10.6 Å². The van der Waals surface area contributed by atoms with Crippen LogP contribution in [0.4, 0.5) is 10.1 Å². The van der Waals surface area contributed by atoms with E-state index >= 15 is 0 Å². The molecule has 1 saturated heterocycles. The number of thiophene rings is 1. The fourth-order valence-electron chi connectivity index (χ4n) is 3.54. The van der Waals surface area contributed by atoms with Crippen LogP contribution in [0.1, 0.15) is 36.4 Å². The van der Waals surface area contributed by atoms with Crippen LogP contribution in [0.5, 0.6) is 0 Å². The van der Waals surface area contributed by atoms with E-state index < -0.39 is 5.54 Å². The lowest BCUT2D eigenvalue weighted by molar-refractivity contribution is -0.127. The zero-order valence-corrected chi connectivity index (χ0v) is 17.0. The second kappa shape index (κ2) is 8.40. The van der Waals surface area contributed by atoms with E-state index in [9.17, 15) is 9.18 Å². The number of carbonyl (C=O) groups is 1. The molecule has 4 nitrogen and oxygen atoms in total. The Kier molecular flexibility index (Phi) is 6.17. The molecule has 1 aliphatic rings. The summed E-state index contributed by atoms with van der Waals surface area (Å²) in [6.45, 7) is 8.61. The van der Waals surface area contributed by atoms with Gasteiger partial charge in [0.2, 0.25) is 5.91 Å². The third kappa shape index (κ3) is 5.08. The summed E-state index contributed by atoms with van der Waals surface area (Å²) in [5.74, 6) is -0.307. The number of halogens is 1. The number of amides is 1. The van der Waals surface area contributed by atoms with Gasteiger partial charge < -0.3 is 10.6 Å². The summed E-state index contributed by atoms with van der Waals surface area (Å²) >= 11 is 1.82. The molecule has 1 amide bonds. The predicted molar refractivity (Wildman–Crippen MR) is 110 cm³/mol. The zero-order chi connectivity index (χ0) is 19.4. The first-order chi connectivity index (χ1) is 12.9. The van der Waals surface area contributed by atoms with Gasteiger partial charge in [0.05, 0.1) is 0 Å². The normalized spacial score (nSPS) is 17.1. The van der Waals surface area contributed by atoms with Crippen molar-refractivity contribution in [1.82, 2.24) is 10.2 Å². The molecule has 2 aromatic rings. The Bertz CT molecular complexity index is 781. The van der Waals surface area contributed by atoms with Gasteiger partial charge in [0, 0.05) is 41.1 Å². The molecule has 2 heterocycles. The highest BCUT2D eigenvalue weighted by molar-refractivity contribution is 7.11. The number of benzene rings is 1. The summed E-state index contributed by atoms with van der Waals surface area (Å²) in [7, 11) is 0. The quantitative estimate of drug-likeness (QED) is 0.779. The Morgan fingerprint density at radius 2 is 2.00 bits per heavy atom. The Labute approximate surface area is 164 Å². The largest absolute Gasteiger partial charge is 0.371 e. The summed E-state index contributed by atoms with van der Waals surface area (Å²) < 4.78 is 13.6. The molecule has 0 aliphatic carbocycles. The van der Waals surface area contributed by atoms with E-state index in [4.69, 9.17) is 0 Å². The number of nitrogens with zero attached hydrogens (tertiary/aromatic N) is 1. The van der Waals surface area contributed by atoms with E-state index in [2.05, 4.69) is 34.6 Å². The van der Waals surface area contributed by atoms with Gasteiger partial charge in [0.25, 0.3) is 0 Å². The average molecular weight is 390 g/mol. The van der Waals surface area contributed by atoms with Crippen LogP contribution in [0.25, 0.3) is 0 Å². The van der Waals surface area contributed by atoms with Gasteiger partial charge in [-0.3, -0.25) is 9.69 Å². The van der Waals surface area contributed by atoms with Crippen LogP contribution in [0.15, 0.2) is 36.4 Å². The molecule has 1 aliphatic heterocycles. The summed E-state index contributed by atoms with van der Waals surface area (Å²) in [5, 5.41) is 6.40. The van der Waals surface area contributed by atoms with Crippen molar-refractivity contribution >= 4 is 22.9 Å². The SMILES string of the molecule is Cc1ccc(CN2CCC(Nc3cccc(F)c3)(C(=O)NC(C)C)CC2)s1. The average Bonchev–Trinajstić information content (AvgIpc) is 3.01. The second-order valence-corrected chi connectivity index (χ2v) is 9.01. The molecule has 0 radical (unpaired) electrons. The maximum absolute atomic E-state index is 13.6. The maximum atomic E-state index is 13.6. The van der Waals surface area contributed by atoms with Gasteiger partial charge in [-0.25, -0.2) is 4.39 Å². The minimum absolute atomic E-state index is 0.00613. The first kappa shape index (κ1) is 19.8. The van der Waals surface area contributed by atoms with Crippen LogP contribution in [0.3, 0.4) is 0 Å². The van der Waals surface area contributed by atoms with Gasteiger partial charge in [-0.2, -0.15) is 0 Å². The van der Waals surface area contributed by atoms with Crippen molar-refractivity contribution in [2.24, 2.45) is 0 Å². The molecule has 0 saturated carbocycles. The number of aryl methyl sites for hydroxylation is 1. The molecule has 6 heteroatoms. The summed E-state index contributed by atoms with van der Waals surface area (Å²) in [5.41, 5.74) is -0.0591. The van der Waals surface area contributed by atoms with Crippen LogP contribution in [-0.2, 0) is 11.3 Å². The van der Waals surface area contributed by atoms with E-state index in [1.165, 1.54) is 21.9 Å². The lowest BCUT2D eigenvalue weighted by atomic mass is 9.85. The lowest BCUT2D eigenvalue weighted by Gasteiger charge is -2.42. The van der Waals surface area contributed by atoms with Crippen molar-refractivity contribution < 1.29 is 9.18 Å². The van der Waals surface area contributed by atoms with Crippen molar-refractivity contribution in [3.05, 3.63) is 52.0 Å². The molecule has 1 aromatic carbocycles.